The number of hydrogen-bond donors (Lipinski definition) is 1. The van der Waals surface area contributed by atoms with Gasteiger partial charge in [0.05, 0.1) is 5.92 Å². The maximum atomic E-state index is 11.6. The molecule has 0 bridgehead atoms. The lowest BCUT2D eigenvalue weighted by Gasteiger charge is -2.12. The number of rotatable bonds is 7. The third-order valence-electron chi connectivity index (χ3n) is 4.33. The summed E-state index contributed by atoms with van der Waals surface area (Å²) in [6.07, 6.45) is 0.471. The summed E-state index contributed by atoms with van der Waals surface area (Å²) in [4.78, 5) is 12.4. The molecular weight excluding hydrogens is 344 g/mol. The molecule has 0 saturated heterocycles. The average Bonchev–Trinajstić information content (AvgIpc) is 3.15. The Morgan fingerprint density at radius 2 is 1.62 bits per heavy atom. The van der Waals surface area contributed by atoms with E-state index in [-0.39, 0.29) is 0 Å². The molecule has 134 valence electrons. The highest BCUT2D eigenvalue weighted by Crippen LogP contribution is 2.28. The Morgan fingerprint density at radius 3 is 2.12 bits per heavy atom. The van der Waals surface area contributed by atoms with E-state index in [9.17, 15) is 9.90 Å². The van der Waals surface area contributed by atoms with Crippen LogP contribution < -0.4 is 4.74 Å². The molecule has 0 amide bonds. The first-order valence-electron chi connectivity index (χ1n) is 8.66. The number of ether oxygens (including phenoxy) is 1. The molecule has 1 unspecified atom stereocenters. The van der Waals surface area contributed by atoms with Crippen LogP contribution in [0, 0.1) is 0 Å². The Balaban J connectivity index is 1.67. The molecule has 0 saturated carbocycles. The van der Waals surface area contributed by atoms with E-state index in [1.807, 2.05) is 53.9 Å². The fraction of sp³-hybridized carbons (Fsp3) is 0.227. The monoisotopic (exact) mass is 366 g/mol. The molecule has 3 nitrogen and oxygen atoms in total. The van der Waals surface area contributed by atoms with Crippen molar-refractivity contribution in [1.29, 1.82) is 0 Å². The largest absolute Gasteiger partial charge is 0.481 e. The molecule has 1 aromatic heterocycles. The minimum Gasteiger partial charge on any atom is -0.481 e. The molecule has 0 aliphatic rings. The number of benzene rings is 2. The van der Waals surface area contributed by atoms with Gasteiger partial charge in [-0.05, 0) is 59.2 Å². The average molecular weight is 366 g/mol. The molecule has 0 radical (unpaired) electrons. The van der Waals surface area contributed by atoms with Gasteiger partial charge in [-0.3, -0.25) is 4.79 Å². The van der Waals surface area contributed by atoms with Gasteiger partial charge >= 0.3 is 5.97 Å². The first-order chi connectivity index (χ1) is 12.5. The number of carboxylic acids is 1. The molecule has 26 heavy (non-hydrogen) atoms. The van der Waals surface area contributed by atoms with Gasteiger partial charge in [-0.15, -0.1) is 11.3 Å². The van der Waals surface area contributed by atoms with Crippen molar-refractivity contribution in [3.63, 3.8) is 0 Å². The molecular formula is C22H22O3S. The van der Waals surface area contributed by atoms with Crippen LogP contribution in [0.15, 0.2) is 66.0 Å². The second-order valence-corrected chi connectivity index (χ2v) is 7.56. The topological polar surface area (TPSA) is 46.5 Å². The van der Waals surface area contributed by atoms with Gasteiger partial charge in [0.2, 0.25) is 0 Å². The molecule has 0 aliphatic carbocycles. The van der Waals surface area contributed by atoms with E-state index in [2.05, 4.69) is 26.0 Å². The third-order valence-corrected chi connectivity index (χ3v) is 5.32. The van der Waals surface area contributed by atoms with Crippen molar-refractivity contribution < 1.29 is 14.6 Å². The summed E-state index contributed by atoms with van der Waals surface area (Å²) < 4.78 is 5.88. The highest BCUT2D eigenvalue weighted by Gasteiger charge is 2.21. The lowest BCUT2D eigenvalue weighted by molar-refractivity contribution is -0.138. The zero-order valence-electron chi connectivity index (χ0n) is 14.9. The fourth-order valence-electron chi connectivity index (χ4n) is 2.79. The van der Waals surface area contributed by atoms with Crippen molar-refractivity contribution in [2.24, 2.45) is 0 Å². The second-order valence-electron chi connectivity index (χ2n) is 6.58. The lowest BCUT2D eigenvalue weighted by atomic mass is 9.98. The molecule has 1 heterocycles. The molecule has 0 spiro atoms. The van der Waals surface area contributed by atoms with Crippen LogP contribution in [0.5, 0.6) is 11.5 Å². The molecule has 1 N–H and O–H groups in total. The van der Waals surface area contributed by atoms with E-state index in [4.69, 9.17) is 4.74 Å². The molecule has 3 rings (SSSR count). The summed E-state index contributed by atoms with van der Waals surface area (Å²) in [5.74, 6) is 0.732. The standard InChI is InChI=1S/C22H22O3S/c1-15(2)17-7-11-19(12-8-17)25-18-9-5-16(6-10-18)14-20(22(23)24)21-4-3-13-26-21/h3-13,15,20H,14H2,1-2H3,(H,23,24). The summed E-state index contributed by atoms with van der Waals surface area (Å²) in [5.41, 5.74) is 2.26. The number of thiophene rings is 1. The summed E-state index contributed by atoms with van der Waals surface area (Å²) in [6.45, 7) is 4.32. The van der Waals surface area contributed by atoms with Crippen LogP contribution in [-0.4, -0.2) is 11.1 Å². The predicted molar refractivity (Wildman–Crippen MR) is 105 cm³/mol. The predicted octanol–water partition coefficient (Wildman–Crippen LogP) is 6.07. The number of hydrogen-bond acceptors (Lipinski definition) is 3. The van der Waals surface area contributed by atoms with Crippen molar-refractivity contribution in [2.75, 3.05) is 0 Å². The highest BCUT2D eigenvalue weighted by atomic mass is 32.1. The summed E-state index contributed by atoms with van der Waals surface area (Å²) in [5, 5.41) is 11.4. The Bertz CT molecular complexity index is 834. The third kappa shape index (κ3) is 4.52. The second kappa shape index (κ2) is 8.19. The molecule has 0 aliphatic heterocycles. The fourth-order valence-corrected chi connectivity index (χ4v) is 3.61. The van der Waals surface area contributed by atoms with Crippen molar-refractivity contribution in [3.05, 3.63) is 82.0 Å². The molecule has 4 heteroatoms. The zero-order valence-corrected chi connectivity index (χ0v) is 15.7. The van der Waals surface area contributed by atoms with Crippen LogP contribution in [0.25, 0.3) is 0 Å². The van der Waals surface area contributed by atoms with Crippen LogP contribution in [0.1, 0.15) is 41.7 Å². The van der Waals surface area contributed by atoms with Crippen LogP contribution in [-0.2, 0) is 11.2 Å². The van der Waals surface area contributed by atoms with Gasteiger partial charge in [-0.2, -0.15) is 0 Å². The van der Waals surface area contributed by atoms with E-state index in [1.165, 1.54) is 16.9 Å². The number of carboxylic acid groups (broad SMARTS) is 1. The summed E-state index contributed by atoms with van der Waals surface area (Å²) >= 11 is 1.48. The van der Waals surface area contributed by atoms with Crippen molar-refractivity contribution in [3.8, 4) is 11.5 Å². The lowest BCUT2D eigenvalue weighted by Crippen LogP contribution is -2.13. The van der Waals surface area contributed by atoms with E-state index in [1.54, 1.807) is 0 Å². The van der Waals surface area contributed by atoms with Crippen LogP contribution in [0.4, 0.5) is 0 Å². The normalized spacial score (nSPS) is 12.1. The van der Waals surface area contributed by atoms with Gasteiger partial charge in [0.25, 0.3) is 0 Å². The first kappa shape index (κ1) is 18.2. The summed E-state index contributed by atoms with van der Waals surface area (Å²) in [6, 6.07) is 19.5. The summed E-state index contributed by atoms with van der Waals surface area (Å²) in [7, 11) is 0. The highest BCUT2D eigenvalue weighted by molar-refractivity contribution is 7.10. The van der Waals surface area contributed by atoms with Crippen LogP contribution >= 0.6 is 11.3 Å². The van der Waals surface area contributed by atoms with Crippen molar-refractivity contribution >= 4 is 17.3 Å². The smallest absolute Gasteiger partial charge is 0.312 e. The van der Waals surface area contributed by atoms with Gasteiger partial charge in [0, 0.05) is 4.88 Å². The zero-order chi connectivity index (χ0) is 18.5. The Kier molecular flexibility index (Phi) is 5.74. The minimum absolute atomic E-state index is 0.471. The van der Waals surface area contributed by atoms with E-state index >= 15 is 0 Å². The Hall–Kier alpha value is -2.59. The number of carbonyl (C=O) groups is 1. The van der Waals surface area contributed by atoms with Gasteiger partial charge in [0.15, 0.2) is 0 Å². The van der Waals surface area contributed by atoms with Crippen molar-refractivity contribution in [2.45, 2.75) is 32.1 Å². The molecule has 3 aromatic rings. The minimum atomic E-state index is -0.794. The maximum Gasteiger partial charge on any atom is 0.312 e. The van der Waals surface area contributed by atoms with Gasteiger partial charge in [-0.25, -0.2) is 0 Å². The SMILES string of the molecule is CC(C)c1ccc(Oc2ccc(CC(C(=O)O)c3cccs3)cc2)cc1. The van der Waals surface area contributed by atoms with E-state index in [0.29, 0.717) is 12.3 Å². The maximum absolute atomic E-state index is 11.6. The molecule has 0 fully saturated rings. The number of aliphatic carboxylic acids is 1. The van der Waals surface area contributed by atoms with Crippen molar-refractivity contribution in [1.82, 2.24) is 0 Å². The molecule has 2 aromatic carbocycles. The van der Waals surface area contributed by atoms with Gasteiger partial charge in [0.1, 0.15) is 11.5 Å². The molecule has 1 atom stereocenters. The Labute approximate surface area is 157 Å². The van der Waals surface area contributed by atoms with Crippen LogP contribution in [0.3, 0.4) is 0 Å². The van der Waals surface area contributed by atoms with E-state index < -0.39 is 11.9 Å². The Morgan fingerprint density at radius 1 is 1.00 bits per heavy atom. The quantitative estimate of drug-likeness (QED) is 0.551. The van der Waals surface area contributed by atoms with Crippen LogP contribution in [0.2, 0.25) is 0 Å². The van der Waals surface area contributed by atoms with E-state index in [0.717, 1.165) is 21.9 Å². The van der Waals surface area contributed by atoms with Gasteiger partial charge in [-0.1, -0.05) is 44.2 Å². The van der Waals surface area contributed by atoms with Gasteiger partial charge < -0.3 is 9.84 Å². The first-order valence-corrected chi connectivity index (χ1v) is 9.54.